The van der Waals surface area contributed by atoms with Crippen molar-refractivity contribution in [1.29, 1.82) is 0 Å². The van der Waals surface area contributed by atoms with Gasteiger partial charge in [0.15, 0.2) is 5.96 Å². The summed E-state index contributed by atoms with van der Waals surface area (Å²) in [4.78, 5) is 15.3. The average molecular weight is 270 g/mol. The molecule has 4 atom stereocenters. The summed E-state index contributed by atoms with van der Waals surface area (Å²) in [5, 5.41) is 9.17. The van der Waals surface area contributed by atoms with Crippen LogP contribution >= 0.6 is 0 Å². The second-order valence-corrected chi connectivity index (χ2v) is 5.45. The number of carboxylic acids is 1. The Morgan fingerprint density at radius 2 is 1.89 bits per heavy atom. The predicted molar refractivity (Wildman–Crippen MR) is 75.5 cm³/mol. The highest BCUT2D eigenvalue weighted by atomic mass is 16.4. The quantitative estimate of drug-likeness (QED) is 0.413. The van der Waals surface area contributed by atoms with E-state index in [-0.39, 0.29) is 24.0 Å². The fraction of sp³-hybridized carbons (Fsp3) is 0.846. The van der Waals surface area contributed by atoms with Crippen LogP contribution in [0.5, 0.6) is 0 Å². The number of aliphatic imine (C=N–C) groups is 1. The Labute approximate surface area is 114 Å². The topological polar surface area (TPSA) is 128 Å². The average Bonchev–Trinajstić information content (AvgIpc) is 2.73. The first-order valence-corrected chi connectivity index (χ1v) is 6.97. The molecule has 0 aromatic carbocycles. The number of rotatable bonds is 6. The van der Waals surface area contributed by atoms with E-state index < -0.39 is 11.9 Å². The highest BCUT2D eigenvalue weighted by molar-refractivity contribution is 5.76. The minimum absolute atomic E-state index is 0.0118. The van der Waals surface area contributed by atoms with Gasteiger partial charge in [0.05, 0.1) is 12.0 Å². The number of nitrogens with two attached hydrogens (primary N) is 3. The van der Waals surface area contributed by atoms with Gasteiger partial charge in [0.25, 0.3) is 0 Å². The Kier molecular flexibility index (Phi) is 5.60. The molecule has 0 radical (unpaired) electrons. The molecule has 0 aromatic heterocycles. The molecule has 19 heavy (non-hydrogen) atoms. The summed E-state index contributed by atoms with van der Waals surface area (Å²) >= 11 is 0. The van der Waals surface area contributed by atoms with Gasteiger partial charge in [-0.25, -0.2) is 4.99 Å². The van der Waals surface area contributed by atoms with Crippen LogP contribution in [-0.4, -0.2) is 29.1 Å². The molecule has 6 nitrogen and oxygen atoms in total. The first-order valence-electron chi connectivity index (χ1n) is 6.97. The fourth-order valence-electron chi connectivity index (χ4n) is 3.19. The van der Waals surface area contributed by atoms with E-state index in [1.807, 2.05) is 0 Å². The van der Waals surface area contributed by atoms with Gasteiger partial charge in [-0.3, -0.25) is 4.79 Å². The maximum absolute atomic E-state index is 11.2. The summed E-state index contributed by atoms with van der Waals surface area (Å²) in [6.45, 7) is 4.21. The zero-order chi connectivity index (χ0) is 14.6. The SMILES string of the molecule is CCC(CC)C(N)C1CC(C(=O)O)CC1N=C(N)N. The van der Waals surface area contributed by atoms with E-state index in [2.05, 4.69) is 18.8 Å². The molecule has 6 heteroatoms. The Morgan fingerprint density at radius 3 is 2.32 bits per heavy atom. The zero-order valence-electron chi connectivity index (χ0n) is 11.7. The molecule has 0 aromatic rings. The van der Waals surface area contributed by atoms with E-state index in [1.54, 1.807) is 0 Å². The highest BCUT2D eigenvalue weighted by Crippen LogP contribution is 2.38. The Hall–Kier alpha value is -1.30. The van der Waals surface area contributed by atoms with Gasteiger partial charge < -0.3 is 22.3 Å². The van der Waals surface area contributed by atoms with Crippen LogP contribution in [0.4, 0.5) is 0 Å². The third-order valence-corrected chi connectivity index (χ3v) is 4.33. The number of aliphatic carboxylic acids is 1. The van der Waals surface area contributed by atoms with E-state index in [0.717, 1.165) is 12.8 Å². The molecule has 1 aliphatic carbocycles. The third kappa shape index (κ3) is 3.83. The molecular weight excluding hydrogens is 244 g/mol. The minimum Gasteiger partial charge on any atom is -0.481 e. The lowest BCUT2D eigenvalue weighted by molar-refractivity contribution is -0.141. The molecule has 0 bridgehead atoms. The molecule has 4 unspecified atom stereocenters. The number of guanidine groups is 1. The van der Waals surface area contributed by atoms with E-state index >= 15 is 0 Å². The lowest BCUT2D eigenvalue weighted by Crippen LogP contribution is -2.41. The molecule has 0 spiro atoms. The van der Waals surface area contributed by atoms with Gasteiger partial charge >= 0.3 is 5.97 Å². The molecule has 0 saturated heterocycles. The van der Waals surface area contributed by atoms with Crippen molar-refractivity contribution in [2.24, 2.45) is 39.9 Å². The van der Waals surface area contributed by atoms with Gasteiger partial charge in [0.2, 0.25) is 0 Å². The first kappa shape index (κ1) is 15.8. The number of hydrogen-bond acceptors (Lipinski definition) is 3. The van der Waals surface area contributed by atoms with E-state index in [4.69, 9.17) is 22.3 Å². The van der Waals surface area contributed by atoms with Crippen molar-refractivity contribution in [1.82, 2.24) is 0 Å². The van der Waals surface area contributed by atoms with Crippen LogP contribution in [0.3, 0.4) is 0 Å². The number of carboxylic acid groups (broad SMARTS) is 1. The summed E-state index contributed by atoms with van der Waals surface area (Å²) in [6.07, 6.45) is 3.01. The second-order valence-electron chi connectivity index (χ2n) is 5.45. The van der Waals surface area contributed by atoms with Crippen molar-refractivity contribution in [3.63, 3.8) is 0 Å². The summed E-state index contributed by atoms with van der Waals surface area (Å²) in [6, 6.07) is -0.214. The predicted octanol–water partition coefficient (Wildman–Crippen LogP) is 0.503. The van der Waals surface area contributed by atoms with E-state index in [9.17, 15) is 4.79 Å². The van der Waals surface area contributed by atoms with Gasteiger partial charge in [-0.15, -0.1) is 0 Å². The van der Waals surface area contributed by atoms with Crippen molar-refractivity contribution in [3.05, 3.63) is 0 Å². The summed E-state index contributed by atoms with van der Waals surface area (Å²) in [7, 11) is 0. The molecule has 0 heterocycles. The van der Waals surface area contributed by atoms with Crippen LogP contribution < -0.4 is 17.2 Å². The number of carbonyl (C=O) groups is 1. The maximum Gasteiger partial charge on any atom is 0.306 e. The molecule has 0 amide bonds. The Morgan fingerprint density at radius 1 is 1.32 bits per heavy atom. The summed E-state index contributed by atoms with van der Waals surface area (Å²) in [5.41, 5.74) is 17.2. The summed E-state index contributed by atoms with van der Waals surface area (Å²) < 4.78 is 0. The third-order valence-electron chi connectivity index (χ3n) is 4.33. The molecule has 1 aliphatic rings. The van der Waals surface area contributed by atoms with Crippen molar-refractivity contribution in [2.45, 2.75) is 51.6 Å². The lowest BCUT2D eigenvalue weighted by Gasteiger charge is -2.29. The van der Waals surface area contributed by atoms with E-state index in [0.29, 0.717) is 18.8 Å². The van der Waals surface area contributed by atoms with Crippen molar-refractivity contribution >= 4 is 11.9 Å². The van der Waals surface area contributed by atoms with Crippen LogP contribution in [-0.2, 0) is 4.79 Å². The Bertz CT molecular complexity index is 338. The fourth-order valence-corrected chi connectivity index (χ4v) is 3.19. The smallest absolute Gasteiger partial charge is 0.306 e. The van der Waals surface area contributed by atoms with Crippen LogP contribution in [0, 0.1) is 17.8 Å². The lowest BCUT2D eigenvalue weighted by atomic mass is 9.82. The standard InChI is InChI=1S/C13H26N4O2/c1-3-7(4-2)11(14)9-5-8(12(18)19)6-10(9)17-13(15)16/h7-11H,3-6,14H2,1-2H3,(H,18,19)(H4,15,16,17). The van der Waals surface area contributed by atoms with Crippen molar-refractivity contribution in [2.75, 3.05) is 0 Å². The molecular formula is C13H26N4O2. The number of hydrogen-bond donors (Lipinski definition) is 4. The van der Waals surface area contributed by atoms with E-state index in [1.165, 1.54) is 0 Å². The second kappa shape index (κ2) is 6.75. The van der Waals surface area contributed by atoms with Crippen LogP contribution in [0.25, 0.3) is 0 Å². The Balaban J connectivity index is 2.87. The molecule has 0 aliphatic heterocycles. The normalized spacial score (nSPS) is 28.3. The monoisotopic (exact) mass is 270 g/mol. The van der Waals surface area contributed by atoms with Gasteiger partial charge in [-0.2, -0.15) is 0 Å². The van der Waals surface area contributed by atoms with Crippen molar-refractivity contribution < 1.29 is 9.90 Å². The molecule has 1 saturated carbocycles. The van der Waals surface area contributed by atoms with Crippen molar-refractivity contribution in [3.8, 4) is 0 Å². The minimum atomic E-state index is -0.782. The van der Waals surface area contributed by atoms with Gasteiger partial charge in [-0.1, -0.05) is 26.7 Å². The molecule has 110 valence electrons. The van der Waals surface area contributed by atoms with Gasteiger partial charge in [-0.05, 0) is 24.7 Å². The number of nitrogens with zero attached hydrogens (tertiary/aromatic N) is 1. The van der Waals surface area contributed by atoms with Crippen LogP contribution in [0.1, 0.15) is 39.5 Å². The molecule has 1 fully saturated rings. The first-order chi connectivity index (χ1) is 8.90. The molecule has 1 rings (SSSR count). The summed E-state index contributed by atoms with van der Waals surface area (Å²) in [5.74, 6) is -0.728. The zero-order valence-corrected chi connectivity index (χ0v) is 11.7. The van der Waals surface area contributed by atoms with Crippen LogP contribution in [0.2, 0.25) is 0 Å². The largest absolute Gasteiger partial charge is 0.481 e. The van der Waals surface area contributed by atoms with Crippen LogP contribution in [0.15, 0.2) is 4.99 Å². The van der Waals surface area contributed by atoms with Gasteiger partial charge in [0.1, 0.15) is 0 Å². The van der Waals surface area contributed by atoms with Gasteiger partial charge in [0, 0.05) is 6.04 Å². The molecule has 7 N–H and O–H groups in total. The maximum atomic E-state index is 11.2. The highest BCUT2D eigenvalue weighted by Gasteiger charge is 2.42.